The van der Waals surface area contributed by atoms with Crippen molar-refractivity contribution in [2.24, 2.45) is 7.05 Å². The fourth-order valence-corrected chi connectivity index (χ4v) is 4.68. The number of ether oxygens (including phenoxy) is 2. The molecule has 1 atom stereocenters. The third-order valence-electron chi connectivity index (χ3n) is 6.46. The number of hydrogen-bond donors (Lipinski definition) is 2. The molecule has 11 heteroatoms. The average molecular weight is 560 g/mol. The van der Waals surface area contributed by atoms with Gasteiger partial charge in [0, 0.05) is 35.9 Å². The predicted octanol–water partition coefficient (Wildman–Crippen LogP) is 4.58. The molecule has 3 aromatic carbocycles. The number of halogens is 1. The van der Waals surface area contributed by atoms with Crippen LogP contribution in [0.1, 0.15) is 17.2 Å². The van der Waals surface area contributed by atoms with E-state index in [1.54, 1.807) is 23.9 Å². The quantitative estimate of drug-likeness (QED) is 0.306. The van der Waals surface area contributed by atoms with Crippen LogP contribution in [0.2, 0.25) is 5.02 Å². The SMILES string of the molecule is Cn1c(=O)cc(-c2ccc3c(c2)OCO3)c2cc(C(c3ccc(Cl)cc3)n3ccnc3)ccc21.O=C(O)C(=O)O. The number of carboxylic acids is 2. The molecule has 0 fully saturated rings. The Hall–Kier alpha value is -5.09. The van der Waals surface area contributed by atoms with Crippen molar-refractivity contribution in [2.45, 2.75) is 6.04 Å². The number of pyridine rings is 1. The second kappa shape index (κ2) is 11.0. The molecule has 202 valence electrons. The van der Waals surface area contributed by atoms with Gasteiger partial charge in [-0.25, -0.2) is 14.6 Å². The molecule has 0 aliphatic carbocycles. The summed E-state index contributed by atoms with van der Waals surface area (Å²) >= 11 is 6.16. The number of carboxylic acid groups (broad SMARTS) is 2. The summed E-state index contributed by atoms with van der Waals surface area (Å²) in [5, 5.41) is 16.4. The highest BCUT2D eigenvalue weighted by Crippen LogP contribution is 2.38. The van der Waals surface area contributed by atoms with Crippen molar-refractivity contribution in [2.75, 3.05) is 6.79 Å². The summed E-state index contributed by atoms with van der Waals surface area (Å²) in [5.41, 5.74) is 4.67. The summed E-state index contributed by atoms with van der Waals surface area (Å²) in [6, 6.07) is 21.4. The second-order valence-electron chi connectivity index (χ2n) is 8.87. The predicted molar refractivity (Wildman–Crippen MR) is 147 cm³/mol. The Morgan fingerprint density at radius 2 is 1.62 bits per heavy atom. The molecule has 0 saturated heterocycles. The summed E-state index contributed by atoms with van der Waals surface area (Å²) in [4.78, 5) is 35.3. The first-order valence-corrected chi connectivity index (χ1v) is 12.3. The Bertz CT molecular complexity index is 1770. The minimum Gasteiger partial charge on any atom is -0.473 e. The maximum absolute atomic E-state index is 12.8. The van der Waals surface area contributed by atoms with Crippen LogP contribution in [-0.2, 0) is 16.6 Å². The number of aryl methyl sites for hydroxylation is 1. The summed E-state index contributed by atoms with van der Waals surface area (Å²) in [6.07, 6.45) is 5.53. The first kappa shape index (κ1) is 26.5. The van der Waals surface area contributed by atoms with Gasteiger partial charge in [0.1, 0.15) is 0 Å². The van der Waals surface area contributed by atoms with Gasteiger partial charge in [-0.05, 0) is 58.7 Å². The molecular weight excluding hydrogens is 538 g/mol. The maximum Gasteiger partial charge on any atom is 0.414 e. The second-order valence-corrected chi connectivity index (χ2v) is 9.31. The largest absolute Gasteiger partial charge is 0.473 e. The molecule has 0 radical (unpaired) electrons. The molecule has 1 aliphatic rings. The Labute approximate surface area is 232 Å². The highest BCUT2D eigenvalue weighted by molar-refractivity contribution is 6.30. The molecule has 0 amide bonds. The molecule has 0 saturated carbocycles. The molecule has 0 spiro atoms. The van der Waals surface area contributed by atoms with Crippen LogP contribution in [0.15, 0.2) is 90.2 Å². The van der Waals surface area contributed by atoms with E-state index in [0.717, 1.165) is 33.2 Å². The van der Waals surface area contributed by atoms with Gasteiger partial charge in [0.05, 0.1) is 17.9 Å². The van der Waals surface area contributed by atoms with E-state index in [1.807, 2.05) is 61.1 Å². The molecule has 3 heterocycles. The Morgan fingerprint density at radius 1 is 0.925 bits per heavy atom. The fraction of sp³-hybridized carbons (Fsp3) is 0.103. The van der Waals surface area contributed by atoms with E-state index >= 15 is 0 Å². The number of carbonyl (C=O) groups is 2. The Kier molecular flexibility index (Phi) is 7.26. The van der Waals surface area contributed by atoms with Crippen molar-refractivity contribution >= 4 is 34.4 Å². The normalized spacial score (nSPS) is 12.4. The van der Waals surface area contributed by atoms with E-state index in [0.29, 0.717) is 16.5 Å². The molecule has 1 unspecified atom stereocenters. The van der Waals surface area contributed by atoms with Crippen molar-refractivity contribution < 1.29 is 29.3 Å². The van der Waals surface area contributed by atoms with Gasteiger partial charge in [-0.1, -0.05) is 35.9 Å². The number of benzene rings is 3. The van der Waals surface area contributed by atoms with Crippen LogP contribution in [0.4, 0.5) is 0 Å². The van der Waals surface area contributed by atoms with Crippen molar-refractivity contribution in [3.8, 4) is 22.6 Å². The van der Waals surface area contributed by atoms with Crippen LogP contribution in [-0.4, -0.2) is 43.1 Å². The zero-order valence-electron chi connectivity index (χ0n) is 21.0. The third kappa shape index (κ3) is 5.25. The summed E-state index contributed by atoms with van der Waals surface area (Å²) < 4.78 is 14.8. The van der Waals surface area contributed by atoms with Crippen molar-refractivity contribution in [1.82, 2.24) is 14.1 Å². The Morgan fingerprint density at radius 3 is 2.30 bits per heavy atom. The van der Waals surface area contributed by atoms with Crippen LogP contribution >= 0.6 is 11.6 Å². The zero-order chi connectivity index (χ0) is 28.4. The molecule has 1 aliphatic heterocycles. The van der Waals surface area contributed by atoms with Gasteiger partial charge >= 0.3 is 11.9 Å². The van der Waals surface area contributed by atoms with Crippen molar-refractivity contribution in [3.63, 3.8) is 0 Å². The van der Waals surface area contributed by atoms with E-state index in [-0.39, 0.29) is 18.4 Å². The summed E-state index contributed by atoms with van der Waals surface area (Å²) in [5.74, 6) is -2.26. The summed E-state index contributed by atoms with van der Waals surface area (Å²) in [6.45, 7) is 0.202. The standard InChI is InChI=1S/C27H20ClN3O3.C2H2O4/c1-30-23-8-4-19(27(31-11-10-29-15-31)17-2-6-20(28)7-3-17)12-22(23)21(14-26(30)32)18-5-9-24-25(13-18)34-16-33-24;3-1(4)2(5)6/h2-15,27H,16H2,1H3;(H,3,4)(H,5,6). The van der Waals surface area contributed by atoms with E-state index < -0.39 is 11.9 Å². The third-order valence-corrected chi connectivity index (χ3v) is 6.71. The highest BCUT2D eigenvalue weighted by Gasteiger charge is 2.20. The lowest BCUT2D eigenvalue weighted by Crippen LogP contribution is -2.17. The van der Waals surface area contributed by atoms with E-state index in [9.17, 15) is 4.79 Å². The smallest absolute Gasteiger partial charge is 0.414 e. The molecule has 40 heavy (non-hydrogen) atoms. The topological polar surface area (TPSA) is 133 Å². The minimum absolute atomic E-state index is 0.0724. The lowest BCUT2D eigenvalue weighted by atomic mass is 9.94. The van der Waals surface area contributed by atoms with Crippen LogP contribution in [0, 0.1) is 0 Å². The Balaban J connectivity index is 0.000000487. The fourth-order valence-electron chi connectivity index (χ4n) is 4.56. The van der Waals surface area contributed by atoms with E-state index in [4.69, 9.17) is 40.9 Å². The number of nitrogens with zero attached hydrogens (tertiary/aromatic N) is 3. The number of aromatic nitrogens is 3. The zero-order valence-corrected chi connectivity index (χ0v) is 21.8. The number of imidazole rings is 1. The van der Waals surface area contributed by atoms with Crippen molar-refractivity contribution in [3.05, 3.63) is 112 Å². The molecule has 10 nitrogen and oxygen atoms in total. The molecule has 2 N–H and O–H groups in total. The van der Waals surface area contributed by atoms with Crippen LogP contribution in [0.5, 0.6) is 11.5 Å². The molecule has 6 rings (SSSR count). The van der Waals surface area contributed by atoms with Gasteiger partial charge in [0.25, 0.3) is 5.56 Å². The van der Waals surface area contributed by atoms with Gasteiger partial charge < -0.3 is 28.8 Å². The van der Waals surface area contributed by atoms with Gasteiger partial charge in [-0.3, -0.25) is 4.79 Å². The van der Waals surface area contributed by atoms with Gasteiger partial charge in [-0.15, -0.1) is 0 Å². The highest BCUT2D eigenvalue weighted by atomic mass is 35.5. The lowest BCUT2D eigenvalue weighted by Gasteiger charge is -2.21. The first-order valence-electron chi connectivity index (χ1n) is 12.0. The minimum atomic E-state index is -1.82. The number of fused-ring (bicyclic) bond motifs is 2. The molecule has 0 bridgehead atoms. The number of hydrogen-bond acceptors (Lipinski definition) is 6. The lowest BCUT2D eigenvalue weighted by molar-refractivity contribution is -0.159. The number of aliphatic carboxylic acids is 2. The maximum atomic E-state index is 12.8. The van der Waals surface area contributed by atoms with E-state index in [1.165, 1.54) is 0 Å². The summed E-state index contributed by atoms with van der Waals surface area (Å²) in [7, 11) is 1.79. The van der Waals surface area contributed by atoms with Crippen molar-refractivity contribution in [1.29, 1.82) is 0 Å². The first-order chi connectivity index (χ1) is 19.2. The molecule has 5 aromatic rings. The van der Waals surface area contributed by atoms with Crippen LogP contribution in [0.25, 0.3) is 22.0 Å². The molecule has 2 aromatic heterocycles. The van der Waals surface area contributed by atoms with E-state index in [2.05, 4.69) is 21.7 Å². The monoisotopic (exact) mass is 559 g/mol. The van der Waals surface area contributed by atoms with Crippen LogP contribution < -0.4 is 15.0 Å². The molecular formula is C29H22ClN3O7. The van der Waals surface area contributed by atoms with Gasteiger partial charge in [-0.2, -0.15) is 0 Å². The van der Waals surface area contributed by atoms with Crippen LogP contribution in [0.3, 0.4) is 0 Å². The number of rotatable bonds is 4. The van der Waals surface area contributed by atoms with Gasteiger partial charge in [0.15, 0.2) is 11.5 Å². The average Bonchev–Trinajstić information content (AvgIpc) is 3.64. The van der Waals surface area contributed by atoms with Gasteiger partial charge in [0.2, 0.25) is 6.79 Å².